The van der Waals surface area contributed by atoms with Crippen LogP contribution in [0.5, 0.6) is 0 Å². The Morgan fingerprint density at radius 1 is 1.19 bits per heavy atom. The lowest BCUT2D eigenvalue weighted by Crippen LogP contribution is -2.30. The zero-order valence-corrected chi connectivity index (χ0v) is 15.2. The number of anilines is 1. The summed E-state index contributed by atoms with van der Waals surface area (Å²) in [6.45, 7) is 1.79. The van der Waals surface area contributed by atoms with E-state index in [1.807, 2.05) is 31.4 Å². The number of pyridine rings is 1. The Balaban J connectivity index is 1.58. The number of nitrogens with one attached hydrogen (secondary N) is 1. The average Bonchev–Trinajstić information content (AvgIpc) is 3.26. The highest BCUT2D eigenvalue weighted by Gasteiger charge is 2.20. The second-order valence-electron chi connectivity index (χ2n) is 6.66. The number of para-hydroxylation sites is 2. The van der Waals surface area contributed by atoms with Crippen molar-refractivity contribution < 1.29 is 0 Å². The Morgan fingerprint density at radius 2 is 2.08 bits per heavy atom. The molecule has 0 radical (unpaired) electrons. The summed E-state index contributed by atoms with van der Waals surface area (Å²) in [5.41, 5.74) is 5.62. The van der Waals surface area contributed by atoms with Crippen LogP contribution in [0.2, 0.25) is 5.02 Å². The van der Waals surface area contributed by atoms with E-state index in [-0.39, 0.29) is 0 Å². The molecule has 1 aromatic carbocycles. The van der Waals surface area contributed by atoms with Crippen molar-refractivity contribution >= 4 is 28.5 Å². The topological polar surface area (TPSA) is 49.7 Å². The lowest BCUT2D eigenvalue weighted by molar-refractivity contribution is 0.713. The molecule has 1 N–H and O–H groups in total. The predicted octanol–water partition coefficient (Wildman–Crippen LogP) is 4.18. The lowest BCUT2D eigenvalue weighted by atomic mass is 10.1. The molecular weight excluding hydrogens is 346 g/mol. The first-order valence-electron chi connectivity index (χ1n) is 8.68. The lowest BCUT2D eigenvalue weighted by Gasteiger charge is -2.28. The summed E-state index contributed by atoms with van der Waals surface area (Å²) in [5.74, 6) is 1.79. The summed E-state index contributed by atoms with van der Waals surface area (Å²) in [5, 5.41) is 0.617. The first-order valence-corrected chi connectivity index (χ1v) is 9.06. The minimum atomic E-state index is 0.617. The largest absolute Gasteiger partial charge is 0.365 e. The maximum absolute atomic E-state index is 6.49. The Kier molecular flexibility index (Phi) is 3.50. The number of nitrogens with zero attached hydrogens (tertiary/aromatic N) is 4. The highest BCUT2D eigenvalue weighted by molar-refractivity contribution is 6.33. The van der Waals surface area contributed by atoms with Crippen LogP contribution in [-0.2, 0) is 20.0 Å². The molecule has 0 spiro atoms. The van der Waals surface area contributed by atoms with Crippen molar-refractivity contribution in [3.63, 3.8) is 0 Å². The van der Waals surface area contributed by atoms with E-state index in [4.69, 9.17) is 16.6 Å². The van der Waals surface area contributed by atoms with Crippen LogP contribution in [0, 0.1) is 0 Å². The standard InChI is InChI=1S/C20H18ClN5/c1-25-18-5-3-2-4-17(18)24-20(25)14-10-19(23-11-15(14)21)26-9-7-16-13(12-26)6-8-22-16/h2-6,8,10-11,22H,7,9,12H2,1H3. The summed E-state index contributed by atoms with van der Waals surface area (Å²) in [6, 6.07) is 12.3. The summed E-state index contributed by atoms with van der Waals surface area (Å²) in [4.78, 5) is 15.0. The van der Waals surface area contributed by atoms with Crippen molar-refractivity contribution in [1.82, 2.24) is 19.5 Å². The van der Waals surface area contributed by atoms with Crippen molar-refractivity contribution in [2.75, 3.05) is 11.4 Å². The molecule has 0 saturated heterocycles. The van der Waals surface area contributed by atoms with Crippen LogP contribution in [0.15, 0.2) is 48.8 Å². The van der Waals surface area contributed by atoms with Gasteiger partial charge in [-0.3, -0.25) is 0 Å². The molecule has 4 heterocycles. The van der Waals surface area contributed by atoms with Gasteiger partial charge in [0.1, 0.15) is 11.6 Å². The average molecular weight is 364 g/mol. The summed E-state index contributed by atoms with van der Waals surface area (Å²) in [7, 11) is 2.02. The van der Waals surface area contributed by atoms with Gasteiger partial charge in [0.25, 0.3) is 0 Å². The Morgan fingerprint density at radius 3 is 2.96 bits per heavy atom. The second-order valence-corrected chi connectivity index (χ2v) is 7.07. The van der Waals surface area contributed by atoms with Crippen LogP contribution in [0.4, 0.5) is 5.82 Å². The molecule has 5 nitrogen and oxygen atoms in total. The van der Waals surface area contributed by atoms with Crippen molar-refractivity contribution in [3.05, 3.63) is 65.1 Å². The number of fused-ring (bicyclic) bond motifs is 2. The molecule has 1 aliphatic heterocycles. The molecule has 0 amide bonds. The predicted molar refractivity (Wildman–Crippen MR) is 105 cm³/mol. The smallest absolute Gasteiger partial charge is 0.142 e. The molecule has 26 heavy (non-hydrogen) atoms. The van der Waals surface area contributed by atoms with Crippen LogP contribution in [-0.4, -0.2) is 26.1 Å². The third-order valence-corrected chi connectivity index (χ3v) is 5.42. The van der Waals surface area contributed by atoms with Gasteiger partial charge in [0, 0.05) is 50.2 Å². The third-order valence-electron chi connectivity index (χ3n) is 5.12. The Hall–Kier alpha value is -2.79. The molecule has 0 unspecified atom stereocenters. The number of aromatic amines is 1. The summed E-state index contributed by atoms with van der Waals surface area (Å²) >= 11 is 6.49. The molecule has 6 heteroatoms. The minimum Gasteiger partial charge on any atom is -0.365 e. The fraction of sp³-hybridized carbons (Fsp3) is 0.200. The molecule has 130 valence electrons. The van der Waals surface area contributed by atoms with Gasteiger partial charge in [-0.25, -0.2) is 9.97 Å². The molecule has 5 rings (SSSR count). The number of aryl methyl sites for hydroxylation is 1. The second kappa shape index (κ2) is 5.88. The van der Waals surface area contributed by atoms with Crippen LogP contribution < -0.4 is 4.90 Å². The van der Waals surface area contributed by atoms with E-state index in [1.165, 1.54) is 11.3 Å². The first-order chi connectivity index (χ1) is 12.7. The number of halogens is 1. The molecule has 4 aromatic rings. The van der Waals surface area contributed by atoms with Gasteiger partial charge >= 0.3 is 0 Å². The van der Waals surface area contributed by atoms with Gasteiger partial charge in [-0.15, -0.1) is 0 Å². The van der Waals surface area contributed by atoms with Gasteiger partial charge in [-0.1, -0.05) is 23.7 Å². The highest BCUT2D eigenvalue weighted by Crippen LogP contribution is 2.33. The van der Waals surface area contributed by atoms with Gasteiger partial charge in [0.15, 0.2) is 0 Å². The van der Waals surface area contributed by atoms with Crippen LogP contribution in [0.3, 0.4) is 0 Å². The minimum absolute atomic E-state index is 0.617. The van der Waals surface area contributed by atoms with E-state index in [2.05, 4.69) is 37.6 Å². The molecule has 0 fully saturated rings. The summed E-state index contributed by atoms with van der Waals surface area (Å²) in [6.07, 6.45) is 4.74. The Labute approximate surface area is 156 Å². The van der Waals surface area contributed by atoms with Crippen LogP contribution in [0.1, 0.15) is 11.3 Å². The fourth-order valence-electron chi connectivity index (χ4n) is 3.70. The molecule has 0 saturated carbocycles. The van der Waals surface area contributed by atoms with Crippen LogP contribution >= 0.6 is 11.6 Å². The van der Waals surface area contributed by atoms with E-state index in [1.54, 1.807) is 6.20 Å². The monoisotopic (exact) mass is 363 g/mol. The van der Waals surface area contributed by atoms with E-state index in [0.717, 1.165) is 47.7 Å². The van der Waals surface area contributed by atoms with E-state index in [0.29, 0.717) is 5.02 Å². The number of hydrogen-bond donors (Lipinski definition) is 1. The zero-order chi connectivity index (χ0) is 17.7. The molecule has 0 atom stereocenters. The zero-order valence-electron chi connectivity index (χ0n) is 14.4. The SMILES string of the molecule is Cn1c(-c2cc(N3CCc4[nH]ccc4C3)ncc2Cl)nc2ccccc21. The molecule has 0 aliphatic carbocycles. The Bertz CT molecular complexity index is 1110. The van der Waals surface area contributed by atoms with Crippen molar-refractivity contribution in [3.8, 4) is 11.4 Å². The highest BCUT2D eigenvalue weighted by atomic mass is 35.5. The molecular formula is C20H18ClN5. The quantitative estimate of drug-likeness (QED) is 0.581. The van der Waals surface area contributed by atoms with Gasteiger partial charge in [0.2, 0.25) is 0 Å². The maximum atomic E-state index is 6.49. The molecule has 1 aliphatic rings. The number of aromatic nitrogens is 4. The summed E-state index contributed by atoms with van der Waals surface area (Å²) < 4.78 is 2.08. The van der Waals surface area contributed by atoms with E-state index in [9.17, 15) is 0 Å². The van der Waals surface area contributed by atoms with Crippen LogP contribution in [0.25, 0.3) is 22.4 Å². The number of hydrogen-bond acceptors (Lipinski definition) is 3. The molecule has 3 aromatic heterocycles. The van der Waals surface area contributed by atoms with Gasteiger partial charge < -0.3 is 14.5 Å². The van der Waals surface area contributed by atoms with E-state index >= 15 is 0 Å². The number of rotatable bonds is 2. The molecule has 0 bridgehead atoms. The first kappa shape index (κ1) is 15.5. The number of benzene rings is 1. The normalized spacial score (nSPS) is 14.0. The van der Waals surface area contributed by atoms with E-state index < -0.39 is 0 Å². The number of imidazole rings is 1. The fourth-order valence-corrected chi connectivity index (χ4v) is 3.89. The van der Waals surface area contributed by atoms with Gasteiger partial charge in [-0.05, 0) is 29.8 Å². The van der Waals surface area contributed by atoms with Crippen molar-refractivity contribution in [2.24, 2.45) is 7.05 Å². The van der Waals surface area contributed by atoms with Crippen molar-refractivity contribution in [1.29, 1.82) is 0 Å². The van der Waals surface area contributed by atoms with Gasteiger partial charge in [-0.2, -0.15) is 0 Å². The maximum Gasteiger partial charge on any atom is 0.142 e. The number of H-pyrrole nitrogens is 1. The third kappa shape index (κ3) is 2.39. The van der Waals surface area contributed by atoms with Crippen molar-refractivity contribution in [2.45, 2.75) is 13.0 Å². The van der Waals surface area contributed by atoms with Gasteiger partial charge in [0.05, 0.1) is 16.1 Å².